The van der Waals surface area contributed by atoms with Gasteiger partial charge in [0.1, 0.15) is 5.82 Å². The third kappa shape index (κ3) is 4.47. The Morgan fingerprint density at radius 3 is 2.70 bits per heavy atom. The van der Waals surface area contributed by atoms with E-state index in [0.717, 1.165) is 0 Å². The first-order chi connectivity index (χ1) is 15.6. The number of β-amino-alcohol motifs (C(OH)–C–C–N with tert-alkyl or cyclic N) is 1. The summed E-state index contributed by atoms with van der Waals surface area (Å²) in [7, 11) is 0. The Kier molecular flexibility index (Phi) is 5.95. The van der Waals surface area contributed by atoms with Crippen molar-refractivity contribution in [2.24, 2.45) is 0 Å². The Balaban J connectivity index is 1.48. The number of anilines is 1. The fraction of sp³-hybridized carbons (Fsp3) is 0.429. The molecule has 1 atom stereocenters. The van der Waals surface area contributed by atoms with Crippen LogP contribution in [0.5, 0.6) is 5.88 Å². The predicted molar refractivity (Wildman–Crippen MR) is 106 cm³/mol. The Bertz CT molecular complexity index is 1100. The standard InChI is InChI=1S/C21H20F4N4O4/c1-11-4-12(6-27-18(11)33-10-21(24,25)20(22)23)7-28-9-15-14(19(28)32)2-3-26-17(15)29-8-13(30)5-16(29)31/h2-4,6,13,20,30H,5,7-10H2,1H3/t13-/m0/s1. The number of rotatable bonds is 7. The monoisotopic (exact) mass is 468 g/mol. The van der Waals surface area contributed by atoms with Gasteiger partial charge >= 0.3 is 12.3 Å². The van der Waals surface area contributed by atoms with Gasteiger partial charge in [-0.05, 0) is 24.6 Å². The molecule has 2 aliphatic heterocycles. The Hall–Kier alpha value is -3.28. The number of fused-ring (bicyclic) bond motifs is 1. The zero-order valence-corrected chi connectivity index (χ0v) is 17.5. The van der Waals surface area contributed by atoms with E-state index in [4.69, 9.17) is 4.74 Å². The van der Waals surface area contributed by atoms with Gasteiger partial charge in [0.15, 0.2) is 6.61 Å². The maximum absolute atomic E-state index is 13.1. The van der Waals surface area contributed by atoms with Crippen LogP contribution in [0, 0.1) is 6.92 Å². The largest absolute Gasteiger partial charge is 0.471 e. The fourth-order valence-electron chi connectivity index (χ4n) is 3.83. The highest BCUT2D eigenvalue weighted by atomic mass is 19.3. The van der Waals surface area contributed by atoms with E-state index in [0.29, 0.717) is 28.1 Å². The summed E-state index contributed by atoms with van der Waals surface area (Å²) in [4.78, 5) is 36.1. The van der Waals surface area contributed by atoms with Crippen molar-refractivity contribution in [2.75, 3.05) is 18.1 Å². The molecule has 2 aliphatic rings. The lowest BCUT2D eigenvalue weighted by atomic mass is 10.1. The molecule has 176 valence electrons. The highest BCUT2D eigenvalue weighted by molar-refractivity contribution is 6.02. The first-order valence-corrected chi connectivity index (χ1v) is 10.1. The van der Waals surface area contributed by atoms with Gasteiger partial charge in [-0.15, -0.1) is 0 Å². The van der Waals surface area contributed by atoms with E-state index in [9.17, 15) is 32.3 Å². The summed E-state index contributed by atoms with van der Waals surface area (Å²) in [5.74, 6) is -4.72. The quantitative estimate of drug-likeness (QED) is 0.627. The zero-order chi connectivity index (χ0) is 23.9. The van der Waals surface area contributed by atoms with E-state index >= 15 is 0 Å². The summed E-state index contributed by atoms with van der Waals surface area (Å²) in [6, 6.07) is 3.13. The molecule has 0 spiro atoms. The molecule has 0 unspecified atom stereocenters. The normalized spacial score (nSPS) is 18.5. The highest BCUT2D eigenvalue weighted by Gasteiger charge is 2.42. The van der Waals surface area contributed by atoms with E-state index in [1.165, 1.54) is 29.1 Å². The first-order valence-electron chi connectivity index (χ1n) is 10.1. The van der Waals surface area contributed by atoms with Crippen LogP contribution in [0.2, 0.25) is 0 Å². The molecule has 1 saturated heterocycles. The second-order valence-corrected chi connectivity index (χ2v) is 8.00. The molecule has 2 aromatic heterocycles. The molecule has 1 N–H and O–H groups in total. The topological polar surface area (TPSA) is 95.9 Å². The number of pyridine rings is 2. The summed E-state index contributed by atoms with van der Waals surface area (Å²) in [6.45, 7) is 0.433. The molecule has 0 aromatic carbocycles. The minimum absolute atomic E-state index is 0.00831. The summed E-state index contributed by atoms with van der Waals surface area (Å²) >= 11 is 0. The van der Waals surface area contributed by atoms with E-state index in [1.807, 2.05) is 0 Å². The molecule has 2 aromatic rings. The number of hydrogen-bond acceptors (Lipinski definition) is 6. The predicted octanol–water partition coefficient (Wildman–Crippen LogP) is 2.32. The van der Waals surface area contributed by atoms with E-state index in [1.54, 1.807) is 12.1 Å². The smallest absolute Gasteiger partial charge is 0.340 e. The van der Waals surface area contributed by atoms with Crippen molar-refractivity contribution in [1.82, 2.24) is 14.9 Å². The van der Waals surface area contributed by atoms with Crippen molar-refractivity contribution in [3.8, 4) is 5.88 Å². The summed E-state index contributed by atoms with van der Waals surface area (Å²) in [6.07, 6.45) is -1.90. The molecule has 8 nitrogen and oxygen atoms in total. The minimum atomic E-state index is -4.29. The first kappa shape index (κ1) is 22.9. The number of amides is 2. The van der Waals surface area contributed by atoms with Crippen LogP contribution in [0.1, 0.15) is 33.5 Å². The van der Waals surface area contributed by atoms with Gasteiger partial charge in [-0.25, -0.2) is 18.7 Å². The number of aliphatic hydroxyl groups excluding tert-OH is 1. The van der Waals surface area contributed by atoms with Gasteiger partial charge in [0.05, 0.1) is 25.6 Å². The lowest BCUT2D eigenvalue weighted by molar-refractivity contribution is -0.148. The number of aromatic nitrogens is 2. The number of ether oxygens (including phenoxy) is 1. The van der Waals surface area contributed by atoms with Gasteiger partial charge < -0.3 is 14.7 Å². The van der Waals surface area contributed by atoms with Crippen LogP contribution >= 0.6 is 0 Å². The molecule has 4 heterocycles. The van der Waals surface area contributed by atoms with Crippen LogP contribution in [0.25, 0.3) is 0 Å². The Morgan fingerprint density at radius 1 is 1.30 bits per heavy atom. The molecular formula is C21H20F4N4O4. The second kappa shape index (κ2) is 8.58. The van der Waals surface area contributed by atoms with Crippen LogP contribution in [0.4, 0.5) is 23.4 Å². The molecule has 0 radical (unpaired) electrons. The molecule has 0 aliphatic carbocycles. The average molecular weight is 468 g/mol. The number of aryl methyl sites for hydroxylation is 1. The van der Waals surface area contributed by atoms with Crippen LogP contribution in [0.3, 0.4) is 0 Å². The zero-order valence-electron chi connectivity index (χ0n) is 17.5. The number of carbonyl (C=O) groups excluding carboxylic acids is 2. The van der Waals surface area contributed by atoms with Crippen molar-refractivity contribution in [1.29, 1.82) is 0 Å². The number of aliphatic hydroxyl groups is 1. The van der Waals surface area contributed by atoms with Crippen molar-refractivity contribution in [3.63, 3.8) is 0 Å². The van der Waals surface area contributed by atoms with Gasteiger partial charge in [0.2, 0.25) is 11.8 Å². The van der Waals surface area contributed by atoms with E-state index in [2.05, 4.69) is 9.97 Å². The lowest BCUT2D eigenvalue weighted by Gasteiger charge is -2.19. The number of halogens is 4. The Morgan fingerprint density at radius 2 is 2.06 bits per heavy atom. The molecule has 1 fully saturated rings. The minimum Gasteiger partial charge on any atom is -0.471 e. The maximum atomic E-state index is 13.1. The van der Waals surface area contributed by atoms with Crippen LogP contribution in [-0.2, 0) is 17.9 Å². The van der Waals surface area contributed by atoms with Gasteiger partial charge in [0.25, 0.3) is 5.91 Å². The molecule has 0 saturated carbocycles. The molecule has 4 rings (SSSR count). The molecule has 12 heteroatoms. The van der Waals surface area contributed by atoms with Gasteiger partial charge in [0, 0.05) is 35.6 Å². The van der Waals surface area contributed by atoms with Gasteiger partial charge in [-0.2, -0.15) is 8.78 Å². The third-order valence-electron chi connectivity index (χ3n) is 5.44. The van der Waals surface area contributed by atoms with Crippen molar-refractivity contribution >= 4 is 17.6 Å². The molecule has 2 amide bonds. The molecular weight excluding hydrogens is 448 g/mol. The van der Waals surface area contributed by atoms with Crippen molar-refractivity contribution < 1.29 is 37.0 Å². The fourth-order valence-corrected chi connectivity index (χ4v) is 3.83. The number of hydrogen-bond donors (Lipinski definition) is 1. The summed E-state index contributed by atoms with van der Waals surface area (Å²) in [5.41, 5.74) is 1.89. The highest BCUT2D eigenvalue weighted by Crippen LogP contribution is 2.33. The number of alkyl halides is 4. The van der Waals surface area contributed by atoms with Crippen LogP contribution in [0.15, 0.2) is 24.5 Å². The molecule has 33 heavy (non-hydrogen) atoms. The number of nitrogens with zero attached hydrogens (tertiary/aromatic N) is 4. The van der Waals surface area contributed by atoms with Crippen molar-refractivity contribution in [2.45, 2.75) is 44.9 Å². The third-order valence-corrected chi connectivity index (χ3v) is 5.44. The molecule has 0 bridgehead atoms. The van der Waals surface area contributed by atoms with Gasteiger partial charge in [-0.3, -0.25) is 14.5 Å². The summed E-state index contributed by atoms with van der Waals surface area (Å²) in [5, 5.41) is 9.77. The van der Waals surface area contributed by atoms with Crippen molar-refractivity contribution in [3.05, 3.63) is 46.8 Å². The number of carbonyl (C=O) groups is 2. The summed E-state index contributed by atoms with van der Waals surface area (Å²) < 4.78 is 55.5. The van der Waals surface area contributed by atoms with Gasteiger partial charge in [-0.1, -0.05) is 0 Å². The average Bonchev–Trinajstić information content (AvgIpc) is 3.25. The lowest BCUT2D eigenvalue weighted by Crippen LogP contribution is -2.34. The Labute approximate surface area is 185 Å². The maximum Gasteiger partial charge on any atom is 0.340 e. The second-order valence-electron chi connectivity index (χ2n) is 8.00. The van der Waals surface area contributed by atoms with E-state index in [-0.39, 0.29) is 43.7 Å². The van der Waals surface area contributed by atoms with Crippen LogP contribution in [-0.4, -0.2) is 63.4 Å². The van der Waals surface area contributed by atoms with Crippen LogP contribution < -0.4 is 9.64 Å². The SMILES string of the molecule is Cc1cc(CN2Cc3c(ccnc3N3C[C@@H](O)CC3=O)C2=O)cnc1OCC(F)(F)C(F)F. The van der Waals surface area contributed by atoms with E-state index < -0.39 is 25.1 Å².